The van der Waals surface area contributed by atoms with Gasteiger partial charge in [-0.3, -0.25) is 10.00 Å². The summed E-state index contributed by atoms with van der Waals surface area (Å²) in [4.78, 5) is 6.63. The number of aromatic nitrogens is 3. The number of hydrogen-bond donors (Lipinski definition) is 2. The van der Waals surface area contributed by atoms with Gasteiger partial charge in [0.2, 0.25) is 0 Å². The molecule has 0 amide bonds. The first-order valence-electron chi connectivity index (χ1n) is 6.07. The Kier molecular flexibility index (Phi) is 3.90. The number of nitrogens with one attached hydrogen (secondary N) is 2. The van der Waals surface area contributed by atoms with E-state index >= 15 is 0 Å². The quantitative estimate of drug-likeness (QED) is 0.759. The summed E-state index contributed by atoms with van der Waals surface area (Å²) in [5.41, 5.74) is 0. The third-order valence-electron chi connectivity index (χ3n) is 3.21. The van der Waals surface area contributed by atoms with Crippen LogP contribution < -0.4 is 5.32 Å². The number of nitrogens with zero attached hydrogens (tertiary/aromatic N) is 3. The Balaban J connectivity index is 1.64. The number of rotatable bonds is 5. The van der Waals surface area contributed by atoms with Crippen LogP contribution in [0.15, 0.2) is 6.33 Å². The zero-order valence-electron chi connectivity index (χ0n) is 10.1. The molecule has 1 atom stereocenters. The molecule has 0 saturated carbocycles. The molecular weight excluding hydrogens is 202 g/mol. The summed E-state index contributed by atoms with van der Waals surface area (Å²) in [6.07, 6.45) is 3.75. The maximum Gasteiger partial charge on any atom is 0.137 e. The molecule has 1 aromatic heterocycles. The average Bonchev–Trinajstić information content (AvgIpc) is 2.87. The Morgan fingerprint density at radius 2 is 2.50 bits per heavy atom. The van der Waals surface area contributed by atoms with E-state index in [0.717, 1.165) is 18.8 Å². The van der Waals surface area contributed by atoms with Gasteiger partial charge in [0.1, 0.15) is 12.2 Å². The molecule has 90 valence electrons. The molecule has 16 heavy (non-hydrogen) atoms. The van der Waals surface area contributed by atoms with Crippen molar-refractivity contribution in [2.45, 2.75) is 38.8 Å². The molecule has 2 rings (SSSR count). The van der Waals surface area contributed by atoms with Gasteiger partial charge in [0.25, 0.3) is 0 Å². The second kappa shape index (κ2) is 5.41. The van der Waals surface area contributed by atoms with Gasteiger partial charge in [-0.2, -0.15) is 5.10 Å². The summed E-state index contributed by atoms with van der Waals surface area (Å²) in [6, 6.07) is 1.31. The van der Waals surface area contributed by atoms with Crippen LogP contribution in [0.3, 0.4) is 0 Å². The number of aromatic amines is 1. The molecule has 1 aliphatic rings. The van der Waals surface area contributed by atoms with Crippen molar-refractivity contribution in [2.75, 3.05) is 19.6 Å². The Labute approximate surface area is 96.6 Å². The summed E-state index contributed by atoms with van der Waals surface area (Å²) in [5.74, 6) is 0.964. The van der Waals surface area contributed by atoms with Gasteiger partial charge in [-0.15, -0.1) is 0 Å². The van der Waals surface area contributed by atoms with Crippen molar-refractivity contribution in [3.63, 3.8) is 0 Å². The molecule has 1 saturated heterocycles. The van der Waals surface area contributed by atoms with Crippen LogP contribution >= 0.6 is 0 Å². The van der Waals surface area contributed by atoms with Crippen molar-refractivity contribution in [2.24, 2.45) is 0 Å². The smallest absolute Gasteiger partial charge is 0.137 e. The standard InChI is InChI=1S/C11H21N5/c1-9(2)16-6-4-10(7-16)12-5-3-11-13-8-14-15-11/h8-10,12H,3-7H2,1-2H3,(H,13,14,15). The fourth-order valence-electron chi connectivity index (χ4n) is 2.17. The molecule has 0 aliphatic carbocycles. The lowest BCUT2D eigenvalue weighted by atomic mass is 10.2. The Morgan fingerprint density at radius 3 is 3.12 bits per heavy atom. The van der Waals surface area contributed by atoms with E-state index in [2.05, 4.69) is 39.2 Å². The van der Waals surface area contributed by atoms with Crippen molar-refractivity contribution in [3.05, 3.63) is 12.2 Å². The second-order valence-corrected chi connectivity index (χ2v) is 4.71. The van der Waals surface area contributed by atoms with E-state index in [0.29, 0.717) is 12.1 Å². The van der Waals surface area contributed by atoms with E-state index in [1.54, 1.807) is 6.33 Å². The topological polar surface area (TPSA) is 56.8 Å². The molecule has 1 aromatic rings. The van der Waals surface area contributed by atoms with Crippen LogP contribution in [0.2, 0.25) is 0 Å². The fourth-order valence-corrected chi connectivity index (χ4v) is 2.17. The summed E-state index contributed by atoms with van der Waals surface area (Å²) in [7, 11) is 0. The summed E-state index contributed by atoms with van der Waals surface area (Å²) < 4.78 is 0. The Bertz CT molecular complexity index is 295. The number of likely N-dealkylation sites (tertiary alicyclic amines) is 1. The first kappa shape index (κ1) is 11.5. The molecule has 0 spiro atoms. The molecule has 0 radical (unpaired) electrons. The molecule has 1 fully saturated rings. The zero-order chi connectivity index (χ0) is 11.4. The van der Waals surface area contributed by atoms with E-state index in [1.165, 1.54) is 19.5 Å². The van der Waals surface area contributed by atoms with Crippen molar-refractivity contribution in [1.29, 1.82) is 0 Å². The molecule has 5 nitrogen and oxygen atoms in total. The molecule has 0 bridgehead atoms. The van der Waals surface area contributed by atoms with Gasteiger partial charge in [0.15, 0.2) is 0 Å². The predicted octanol–water partition coefficient (Wildman–Crippen LogP) is 0.420. The van der Waals surface area contributed by atoms with Crippen molar-refractivity contribution >= 4 is 0 Å². The van der Waals surface area contributed by atoms with Crippen LogP contribution in [0, 0.1) is 0 Å². The van der Waals surface area contributed by atoms with Gasteiger partial charge in [0.05, 0.1) is 0 Å². The van der Waals surface area contributed by atoms with Crippen molar-refractivity contribution in [3.8, 4) is 0 Å². The largest absolute Gasteiger partial charge is 0.312 e. The molecule has 2 N–H and O–H groups in total. The highest BCUT2D eigenvalue weighted by Gasteiger charge is 2.23. The molecule has 5 heteroatoms. The number of hydrogen-bond acceptors (Lipinski definition) is 4. The van der Waals surface area contributed by atoms with Crippen molar-refractivity contribution < 1.29 is 0 Å². The molecular formula is C11H21N5. The lowest BCUT2D eigenvalue weighted by Gasteiger charge is -2.20. The Morgan fingerprint density at radius 1 is 1.62 bits per heavy atom. The van der Waals surface area contributed by atoms with Crippen LogP contribution in [-0.4, -0.2) is 51.8 Å². The highest BCUT2D eigenvalue weighted by molar-refractivity contribution is 4.85. The lowest BCUT2D eigenvalue weighted by Crippen LogP contribution is -2.36. The third-order valence-corrected chi connectivity index (χ3v) is 3.21. The maximum atomic E-state index is 4.11. The van der Waals surface area contributed by atoms with Crippen LogP contribution in [0.5, 0.6) is 0 Å². The Hall–Kier alpha value is -0.940. The van der Waals surface area contributed by atoms with Gasteiger partial charge in [-0.1, -0.05) is 0 Å². The molecule has 0 aromatic carbocycles. The molecule has 2 heterocycles. The lowest BCUT2D eigenvalue weighted by molar-refractivity contribution is 0.268. The van der Waals surface area contributed by atoms with E-state index in [4.69, 9.17) is 0 Å². The maximum absolute atomic E-state index is 4.11. The van der Waals surface area contributed by atoms with Crippen LogP contribution in [-0.2, 0) is 6.42 Å². The SMILES string of the molecule is CC(C)N1CCC(NCCc2ncn[nH]2)C1. The second-order valence-electron chi connectivity index (χ2n) is 4.71. The predicted molar refractivity (Wildman–Crippen MR) is 63.2 cm³/mol. The fraction of sp³-hybridized carbons (Fsp3) is 0.818. The van der Waals surface area contributed by atoms with Crippen molar-refractivity contribution in [1.82, 2.24) is 25.4 Å². The van der Waals surface area contributed by atoms with E-state index in [9.17, 15) is 0 Å². The van der Waals surface area contributed by atoms with Gasteiger partial charge >= 0.3 is 0 Å². The van der Waals surface area contributed by atoms with Gasteiger partial charge in [-0.05, 0) is 26.8 Å². The third kappa shape index (κ3) is 3.02. The van der Waals surface area contributed by atoms with Gasteiger partial charge in [0, 0.05) is 31.6 Å². The summed E-state index contributed by atoms with van der Waals surface area (Å²) in [6.45, 7) is 7.89. The summed E-state index contributed by atoms with van der Waals surface area (Å²) in [5, 5.41) is 10.3. The van der Waals surface area contributed by atoms with E-state index < -0.39 is 0 Å². The summed E-state index contributed by atoms with van der Waals surface area (Å²) >= 11 is 0. The minimum absolute atomic E-state index is 0.644. The monoisotopic (exact) mass is 223 g/mol. The van der Waals surface area contributed by atoms with Crippen LogP contribution in [0.1, 0.15) is 26.1 Å². The minimum Gasteiger partial charge on any atom is -0.312 e. The highest BCUT2D eigenvalue weighted by atomic mass is 15.2. The van der Waals surface area contributed by atoms with E-state index in [1.807, 2.05) is 0 Å². The van der Waals surface area contributed by atoms with Gasteiger partial charge in [-0.25, -0.2) is 4.98 Å². The average molecular weight is 223 g/mol. The number of H-pyrrole nitrogens is 1. The van der Waals surface area contributed by atoms with E-state index in [-0.39, 0.29) is 0 Å². The first-order valence-corrected chi connectivity index (χ1v) is 6.07. The zero-order valence-corrected chi connectivity index (χ0v) is 10.1. The van der Waals surface area contributed by atoms with Crippen LogP contribution in [0.4, 0.5) is 0 Å². The van der Waals surface area contributed by atoms with Crippen LogP contribution in [0.25, 0.3) is 0 Å². The minimum atomic E-state index is 0.644. The van der Waals surface area contributed by atoms with Gasteiger partial charge < -0.3 is 5.32 Å². The first-order chi connectivity index (χ1) is 7.75. The normalized spacial score (nSPS) is 22.1. The highest BCUT2D eigenvalue weighted by Crippen LogP contribution is 2.11. The molecule has 1 unspecified atom stereocenters. The molecule has 1 aliphatic heterocycles.